The molecule has 33 heavy (non-hydrogen) atoms. The molecule has 3 rings (SSSR count). The molecule has 1 unspecified atom stereocenters. The molecule has 1 atom stereocenters. The Morgan fingerprint density at radius 3 is 2.00 bits per heavy atom. The van der Waals surface area contributed by atoms with Gasteiger partial charge in [0.15, 0.2) is 11.9 Å². The zero-order chi connectivity index (χ0) is 24.3. The number of anilines is 1. The summed E-state index contributed by atoms with van der Waals surface area (Å²) in [5.41, 5.74) is -0.0909. The molecule has 0 aliphatic carbocycles. The second kappa shape index (κ2) is 9.33. The van der Waals surface area contributed by atoms with Crippen LogP contribution in [0, 0.1) is 0 Å². The average Bonchev–Trinajstić information content (AvgIpc) is 3.23. The van der Waals surface area contributed by atoms with Crippen LogP contribution in [0.15, 0.2) is 60.7 Å². The third kappa shape index (κ3) is 5.49. The topological polar surface area (TPSA) is 90.9 Å². The normalized spacial score (nSPS) is 17.5. The molecule has 0 spiro atoms. The number of benzene rings is 2. The van der Waals surface area contributed by atoms with Crippen molar-refractivity contribution in [3.8, 4) is 0 Å². The number of para-hydroxylation sites is 1. The van der Waals surface area contributed by atoms with E-state index in [1.807, 2.05) is 0 Å². The lowest BCUT2D eigenvalue weighted by molar-refractivity contribution is -0.244. The van der Waals surface area contributed by atoms with Crippen molar-refractivity contribution in [3.05, 3.63) is 66.2 Å². The van der Waals surface area contributed by atoms with E-state index in [1.165, 1.54) is 54.6 Å². The summed E-state index contributed by atoms with van der Waals surface area (Å²) in [6.07, 6.45) is -10.0. The van der Waals surface area contributed by atoms with Crippen LogP contribution in [-0.4, -0.2) is 45.1 Å². The first kappa shape index (κ1) is 25.0. The third-order valence-electron chi connectivity index (χ3n) is 4.64. The van der Waals surface area contributed by atoms with Crippen LogP contribution in [0.2, 0.25) is 0 Å². The van der Waals surface area contributed by atoms with E-state index in [-0.39, 0.29) is 24.5 Å². The summed E-state index contributed by atoms with van der Waals surface area (Å²) >= 11 is 0. The molecule has 0 bridgehead atoms. The molecule has 1 saturated heterocycles. The van der Waals surface area contributed by atoms with Crippen molar-refractivity contribution < 1.29 is 48.8 Å². The average molecular weight is 495 g/mol. The van der Waals surface area contributed by atoms with Crippen molar-refractivity contribution in [2.75, 3.05) is 18.5 Å². The van der Waals surface area contributed by atoms with E-state index >= 15 is 0 Å². The molecule has 0 saturated carbocycles. The molecule has 0 radical (unpaired) electrons. The van der Waals surface area contributed by atoms with Crippen LogP contribution in [0.5, 0.6) is 0 Å². The smallest absolute Gasteiger partial charge is 0.343 e. The third-order valence-corrected chi connectivity index (χ3v) is 5.94. The Morgan fingerprint density at radius 1 is 0.970 bits per heavy atom. The predicted molar refractivity (Wildman–Crippen MR) is 105 cm³/mol. The first-order valence-electron chi connectivity index (χ1n) is 9.45. The van der Waals surface area contributed by atoms with E-state index in [2.05, 4.69) is 4.18 Å². The molecule has 0 aromatic heterocycles. The second-order valence-electron chi connectivity index (χ2n) is 6.94. The molecule has 180 valence electrons. The number of hydrogen-bond acceptors (Lipinski definition) is 6. The molecule has 2 aromatic carbocycles. The summed E-state index contributed by atoms with van der Waals surface area (Å²) in [6.45, 7) is -0.246. The summed E-state index contributed by atoms with van der Waals surface area (Å²) in [5, 5.41) is -3.70. The molecule has 2 aromatic rings. The minimum Gasteiger partial charge on any atom is -0.343 e. The molecular formula is C20H18F5NO6S. The van der Waals surface area contributed by atoms with Crippen LogP contribution in [0.3, 0.4) is 0 Å². The number of rotatable bonds is 8. The van der Waals surface area contributed by atoms with Gasteiger partial charge in [-0.1, -0.05) is 48.5 Å². The SMILES string of the molecule is O=C(Nc1ccccc1)C(F)(F)S(=O)(=O)OC(CC1(c2ccccc2)OCCO1)C(F)(F)F. The number of halogens is 5. The number of carbonyl (C=O) groups is 1. The minimum absolute atomic E-state index is 0.103. The van der Waals surface area contributed by atoms with E-state index in [0.29, 0.717) is 0 Å². The van der Waals surface area contributed by atoms with Gasteiger partial charge in [-0.15, -0.1) is 0 Å². The maximum atomic E-state index is 14.4. The number of carbonyl (C=O) groups excluding carboxylic acids is 1. The van der Waals surface area contributed by atoms with Crippen LogP contribution in [0.25, 0.3) is 0 Å². The summed E-state index contributed by atoms with van der Waals surface area (Å²) in [5.74, 6) is -4.46. The Bertz CT molecular complexity index is 1060. The standard InChI is InChI=1S/C20H18F5NO6S/c21-19(22,23)16(13-18(30-11-12-31-18)14-7-3-1-4-8-14)32-33(28,29)20(24,25)17(27)26-15-9-5-2-6-10-15/h1-10,16H,11-13H2,(H,26,27). The van der Waals surface area contributed by atoms with Crippen LogP contribution < -0.4 is 5.32 Å². The van der Waals surface area contributed by atoms with Gasteiger partial charge in [-0.2, -0.15) is 30.4 Å². The second-order valence-corrected chi connectivity index (χ2v) is 8.55. The Kier molecular flexibility index (Phi) is 7.07. The van der Waals surface area contributed by atoms with Gasteiger partial charge in [0.1, 0.15) is 0 Å². The molecule has 1 fully saturated rings. The first-order valence-corrected chi connectivity index (χ1v) is 10.9. The van der Waals surface area contributed by atoms with Gasteiger partial charge in [0, 0.05) is 17.7 Å². The summed E-state index contributed by atoms with van der Waals surface area (Å²) in [6, 6.07) is 13.8. The van der Waals surface area contributed by atoms with Crippen molar-refractivity contribution in [1.82, 2.24) is 0 Å². The van der Waals surface area contributed by atoms with Gasteiger partial charge in [-0.3, -0.25) is 8.98 Å². The number of amides is 1. The fourth-order valence-electron chi connectivity index (χ4n) is 3.05. The van der Waals surface area contributed by atoms with Crippen molar-refractivity contribution in [3.63, 3.8) is 0 Å². The highest BCUT2D eigenvalue weighted by molar-refractivity contribution is 7.88. The largest absolute Gasteiger partial charge is 0.447 e. The van der Waals surface area contributed by atoms with Crippen molar-refractivity contribution in [2.45, 2.75) is 29.7 Å². The number of nitrogens with one attached hydrogen (secondary N) is 1. The van der Waals surface area contributed by atoms with Crippen LogP contribution in [0.4, 0.5) is 27.6 Å². The highest BCUT2D eigenvalue weighted by Crippen LogP contribution is 2.42. The van der Waals surface area contributed by atoms with E-state index in [9.17, 15) is 35.2 Å². The maximum Gasteiger partial charge on any atom is 0.447 e. The zero-order valence-corrected chi connectivity index (χ0v) is 17.5. The summed E-state index contributed by atoms with van der Waals surface area (Å²) in [7, 11) is -6.39. The number of hydrogen-bond donors (Lipinski definition) is 1. The van der Waals surface area contributed by atoms with Gasteiger partial charge in [0.2, 0.25) is 0 Å². The van der Waals surface area contributed by atoms with Crippen molar-refractivity contribution in [2.24, 2.45) is 0 Å². The summed E-state index contributed by atoms with van der Waals surface area (Å²) in [4.78, 5) is 11.9. The van der Waals surface area contributed by atoms with Crippen LogP contribution >= 0.6 is 0 Å². The molecule has 1 aliphatic heterocycles. The first-order chi connectivity index (χ1) is 15.4. The van der Waals surface area contributed by atoms with E-state index < -0.39 is 45.8 Å². The highest BCUT2D eigenvalue weighted by atomic mass is 32.2. The fraction of sp³-hybridized carbons (Fsp3) is 0.350. The fourth-order valence-corrected chi connectivity index (χ4v) is 3.93. The van der Waals surface area contributed by atoms with E-state index in [1.54, 1.807) is 11.4 Å². The quantitative estimate of drug-likeness (QED) is 0.443. The van der Waals surface area contributed by atoms with Gasteiger partial charge in [0.05, 0.1) is 13.2 Å². The lowest BCUT2D eigenvalue weighted by atomic mass is 9.99. The molecule has 1 heterocycles. The lowest BCUT2D eigenvalue weighted by Crippen LogP contribution is -2.48. The number of ether oxygens (including phenoxy) is 2. The molecule has 13 heteroatoms. The predicted octanol–water partition coefficient (Wildman–Crippen LogP) is 3.79. The molecule has 1 N–H and O–H groups in total. The van der Waals surface area contributed by atoms with E-state index in [0.717, 1.165) is 0 Å². The maximum absolute atomic E-state index is 14.4. The highest BCUT2D eigenvalue weighted by Gasteiger charge is 2.59. The molecular weight excluding hydrogens is 477 g/mol. The molecule has 7 nitrogen and oxygen atoms in total. The Hall–Kier alpha value is -2.61. The van der Waals surface area contributed by atoms with Gasteiger partial charge >= 0.3 is 27.5 Å². The van der Waals surface area contributed by atoms with E-state index in [4.69, 9.17) is 9.47 Å². The van der Waals surface area contributed by atoms with Crippen LogP contribution in [0.1, 0.15) is 12.0 Å². The Labute approximate surface area is 185 Å². The summed E-state index contributed by atoms with van der Waals surface area (Å²) < 4.78 is 109. The van der Waals surface area contributed by atoms with Gasteiger partial charge < -0.3 is 14.8 Å². The lowest BCUT2D eigenvalue weighted by Gasteiger charge is -2.32. The van der Waals surface area contributed by atoms with Gasteiger partial charge in [0.25, 0.3) is 0 Å². The Morgan fingerprint density at radius 2 is 1.48 bits per heavy atom. The Balaban J connectivity index is 1.86. The van der Waals surface area contributed by atoms with Gasteiger partial charge in [-0.05, 0) is 12.1 Å². The zero-order valence-electron chi connectivity index (χ0n) is 16.7. The molecule has 1 aliphatic rings. The molecule has 1 amide bonds. The van der Waals surface area contributed by atoms with Crippen LogP contribution in [-0.2, 0) is 34.4 Å². The van der Waals surface area contributed by atoms with Gasteiger partial charge in [-0.25, -0.2) is 0 Å². The number of alkyl halides is 5. The minimum atomic E-state index is -6.39. The van der Waals surface area contributed by atoms with Crippen molar-refractivity contribution in [1.29, 1.82) is 0 Å². The monoisotopic (exact) mass is 495 g/mol. The van der Waals surface area contributed by atoms with Crippen molar-refractivity contribution >= 4 is 21.7 Å².